The van der Waals surface area contributed by atoms with Crippen LogP contribution in [-0.4, -0.2) is 53.7 Å². The third-order valence-electron chi connectivity index (χ3n) is 5.45. The smallest absolute Gasteiger partial charge is 0.230 e. The molecule has 2 saturated heterocycles. The van der Waals surface area contributed by atoms with Gasteiger partial charge in [0.05, 0.1) is 17.7 Å². The van der Waals surface area contributed by atoms with Gasteiger partial charge in [-0.05, 0) is 43.5 Å². The summed E-state index contributed by atoms with van der Waals surface area (Å²) in [5.41, 5.74) is 1.39. The van der Waals surface area contributed by atoms with Gasteiger partial charge < -0.3 is 14.9 Å². The van der Waals surface area contributed by atoms with E-state index in [1.807, 2.05) is 5.38 Å². The topological polar surface area (TPSA) is 56.7 Å². The van der Waals surface area contributed by atoms with Crippen molar-refractivity contribution in [1.29, 1.82) is 0 Å². The minimum absolute atomic E-state index is 0.0129. The van der Waals surface area contributed by atoms with Crippen LogP contribution in [0.3, 0.4) is 0 Å². The molecule has 5 nitrogen and oxygen atoms in total. The Labute approximate surface area is 156 Å². The Balaban J connectivity index is 1.50. The number of aliphatic hydroxyl groups is 1. The van der Waals surface area contributed by atoms with Crippen LogP contribution in [-0.2, 0) is 4.79 Å². The number of rotatable bonds is 4. The number of thiazole rings is 1. The molecule has 1 aromatic heterocycles. The Bertz CT molecular complexity index is 792. The molecule has 4 rings (SSSR count). The van der Waals surface area contributed by atoms with E-state index in [0.29, 0.717) is 13.1 Å². The van der Waals surface area contributed by atoms with Crippen molar-refractivity contribution >= 4 is 22.4 Å². The van der Waals surface area contributed by atoms with Crippen molar-refractivity contribution in [3.8, 4) is 11.3 Å². The number of aromatic nitrogens is 1. The van der Waals surface area contributed by atoms with E-state index in [-0.39, 0.29) is 23.7 Å². The van der Waals surface area contributed by atoms with Crippen molar-refractivity contribution in [2.24, 2.45) is 5.41 Å². The highest BCUT2D eigenvalue weighted by atomic mass is 32.1. The molecular weight excluding hydrogens is 353 g/mol. The number of likely N-dealkylation sites (tertiary alicyclic amines) is 1. The number of aliphatic hydroxyl groups excluding tert-OH is 1. The van der Waals surface area contributed by atoms with E-state index in [1.165, 1.54) is 12.1 Å². The second kappa shape index (κ2) is 6.96. The number of hydrogen-bond acceptors (Lipinski definition) is 5. The lowest BCUT2D eigenvalue weighted by molar-refractivity contribution is -0.145. The van der Waals surface area contributed by atoms with E-state index >= 15 is 0 Å². The molecule has 2 aliphatic heterocycles. The molecule has 3 heterocycles. The van der Waals surface area contributed by atoms with Gasteiger partial charge in [0.1, 0.15) is 5.82 Å². The van der Waals surface area contributed by atoms with Crippen molar-refractivity contribution in [3.63, 3.8) is 0 Å². The largest absolute Gasteiger partial charge is 0.395 e. The van der Waals surface area contributed by atoms with Crippen LogP contribution in [0.4, 0.5) is 9.52 Å². The normalized spacial score (nSPS) is 23.2. The van der Waals surface area contributed by atoms with E-state index in [0.717, 1.165) is 48.7 Å². The maximum absolute atomic E-state index is 13.1. The SMILES string of the molecule is O=C1N(CCO)CCC[C@@]12CCN(c1nc(-c3ccc(F)cc3)cs1)C2. The number of anilines is 1. The first-order valence-electron chi connectivity index (χ1n) is 8.98. The first-order valence-corrected chi connectivity index (χ1v) is 9.86. The molecule has 26 heavy (non-hydrogen) atoms. The van der Waals surface area contributed by atoms with Crippen molar-refractivity contribution in [3.05, 3.63) is 35.5 Å². The van der Waals surface area contributed by atoms with Gasteiger partial charge in [-0.2, -0.15) is 0 Å². The predicted octanol–water partition coefficient (Wildman–Crippen LogP) is 2.76. The molecule has 0 radical (unpaired) electrons. The van der Waals surface area contributed by atoms with Crippen LogP contribution in [0, 0.1) is 11.2 Å². The highest BCUT2D eigenvalue weighted by Gasteiger charge is 2.48. The maximum atomic E-state index is 13.1. The molecule has 1 atom stereocenters. The molecule has 0 aliphatic carbocycles. The third-order valence-corrected chi connectivity index (χ3v) is 6.35. The average Bonchev–Trinajstić information content (AvgIpc) is 3.28. The molecule has 0 saturated carbocycles. The summed E-state index contributed by atoms with van der Waals surface area (Å²) in [6.45, 7) is 2.68. The molecule has 0 unspecified atom stereocenters. The van der Waals surface area contributed by atoms with Crippen LogP contribution in [0.2, 0.25) is 0 Å². The Hall–Kier alpha value is -1.99. The number of β-amino-alcohol motifs (C(OH)–C–C–N with tert-alkyl or cyclic N) is 1. The highest BCUT2D eigenvalue weighted by Crippen LogP contribution is 2.42. The lowest BCUT2D eigenvalue weighted by Crippen LogP contribution is -2.50. The van der Waals surface area contributed by atoms with Crippen LogP contribution in [0.1, 0.15) is 19.3 Å². The third kappa shape index (κ3) is 3.10. The monoisotopic (exact) mass is 375 g/mol. The molecule has 2 fully saturated rings. The number of nitrogens with zero attached hydrogens (tertiary/aromatic N) is 3. The standard InChI is InChI=1S/C19H22FN3O2S/c20-15-4-2-14(3-5-15)16-12-26-18(21-16)23-9-7-19(13-23)6-1-8-22(10-11-24)17(19)25/h2-5,12,24H,1,6-11,13H2/t19-/m0/s1. The second-order valence-corrected chi connectivity index (χ2v) is 7.93. The second-order valence-electron chi connectivity index (χ2n) is 7.09. The van der Waals surface area contributed by atoms with Gasteiger partial charge in [0.2, 0.25) is 5.91 Å². The summed E-state index contributed by atoms with van der Waals surface area (Å²) in [5, 5.41) is 12.1. The van der Waals surface area contributed by atoms with Crippen LogP contribution in [0.15, 0.2) is 29.6 Å². The molecule has 0 bridgehead atoms. The number of halogens is 1. The summed E-state index contributed by atoms with van der Waals surface area (Å²) < 4.78 is 13.1. The number of amides is 1. The Morgan fingerprint density at radius 3 is 2.81 bits per heavy atom. The zero-order valence-electron chi connectivity index (χ0n) is 14.5. The minimum Gasteiger partial charge on any atom is -0.395 e. The highest BCUT2D eigenvalue weighted by molar-refractivity contribution is 7.14. The van der Waals surface area contributed by atoms with E-state index < -0.39 is 0 Å². The Morgan fingerprint density at radius 1 is 1.23 bits per heavy atom. The molecule has 1 spiro atoms. The molecule has 2 aromatic rings. The van der Waals surface area contributed by atoms with Gasteiger partial charge in [0, 0.05) is 37.1 Å². The van der Waals surface area contributed by atoms with Crippen LogP contribution < -0.4 is 4.90 Å². The van der Waals surface area contributed by atoms with Crippen molar-refractivity contribution < 1.29 is 14.3 Å². The fourth-order valence-corrected chi connectivity index (χ4v) is 4.93. The lowest BCUT2D eigenvalue weighted by atomic mass is 9.78. The van der Waals surface area contributed by atoms with Gasteiger partial charge in [-0.15, -0.1) is 11.3 Å². The van der Waals surface area contributed by atoms with E-state index in [4.69, 9.17) is 4.98 Å². The zero-order chi connectivity index (χ0) is 18.1. The van der Waals surface area contributed by atoms with E-state index in [2.05, 4.69) is 4.90 Å². The summed E-state index contributed by atoms with van der Waals surface area (Å²) in [6.07, 6.45) is 2.72. The summed E-state index contributed by atoms with van der Waals surface area (Å²) in [5.74, 6) is -0.0791. The summed E-state index contributed by atoms with van der Waals surface area (Å²) in [6, 6.07) is 6.35. The summed E-state index contributed by atoms with van der Waals surface area (Å²) >= 11 is 1.56. The van der Waals surface area contributed by atoms with Gasteiger partial charge in [0.25, 0.3) is 0 Å². The Kier molecular flexibility index (Phi) is 4.67. The number of carbonyl (C=O) groups excluding carboxylic acids is 1. The molecule has 1 amide bonds. The van der Waals surface area contributed by atoms with Gasteiger partial charge in [0.15, 0.2) is 5.13 Å². The fourth-order valence-electron chi connectivity index (χ4n) is 4.06. The van der Waals surface area contributed by atoms with Gasteiger partial charge in [-0.1, -0.05) is 0 Å². The number of carbonyl (C=O) groups is 1. The van der Waals surface area contributed by atoms with Crippen molar-refractivity contribution in [2.75, 3.05) is 37.7 Å². The fraction of sp³-hybridized carbons (Fsp3) is 0.474. The molecular formula is C19H22FN3O2S. The van der Waals surface area contributed by atoms with Gasteiger partial charge in [-0.25, -0.2) is 9.37 Å². The van der Waals surface area contributed by atoms with E-state index in [9.17, 15) is 14.3 Å². The molecule has 1 aromatic carbocycles. The lowest BCUT2D eigenvalue weighted by Gasteiger charge is -2.39. The molecule has 138 valence electrons. The molecule has 1 N–H and O–H groups in total. The van der Waals surface area contributed by atoms with Gasteiger partial charge >= 0.3 is 0 Å². The minimum atomic E-state index is -0.338. The van der Waals surface area contributed by atoms with Crippen molar-refractivity contribution in [1.82, 2.24) is 9.88 Å². The average molecular weight is 375 g/mol. The number of hydrogen-bond donors (Lipinski definition) is 1. The van der Waals surface area contributed by atoms with Crippen LogP contribution >= 0.6 is 11.3 Å². The number of benzene rings is 1. The van der Waals surface area contributed by atoms with Crippen molar-refractivity contribution in [2.45, 2.75) is 19.3 Å². The number of piperidine rings is 1. The van der Waals surface area contributed by atoms with E-state index in [1.54, 1.807) is 28.4 Å². The first kappa shape index (κ1) is 17.4. The summed E-state index contributed by atoms with van der Waals surface area (Å²) in [7, 11) is 0. The Morgan fingerprint density at radius 2 is 2.04 bits per heavy atom. The van der Waals surface area contributed by atoms with Crippen LogP contribution in [0.25, 0.3) is 11.3 Å². The summed E-state index contributed by atoms with van der Waals surface area (Å²) in [4.78, 5) is 21.6. The first-order chi connectivity index (χ1) is 12.6. The predicted molar refractivity (Wildman–Crippen MR) is 99.7 cm³/mol. The van der Waals surface area contributed by atoms with Gasteiger partial charge in [-0.3, -0.25) is 4.79 Å². The zero-order valence-corrected chi connectivity index (χ0v) is 15.3. The quantitative estimate of drug-likeness (QED) is 0.893. The molecule has 2 aliphatic rings. The van der Waals surface area contributed by atoms with Crippen LogP contribution in [0.5, 0.6) is 0 Å². The maximum Gasteiger partial charge on any atom is 0.230 e. The molecule has 7 heteroatoms.